The Hall–Kier alpha value is -2.57. The Labute approximate surface area is 97.8 Å². The molecule has 0 aliphatic carbocycles. The summed E-state index contributed by atoms with van der Waals surface area (Å²) in [4.78, 5) is 3.95. The Morgan fingerprint density at radius 3 is 2.82 bits per heavy atom. The minimum absolute atomic E-state index is 0.0598. The molecule has 0 fully saturated rings. The van der Waals surface area contributed by atoms with Gasteiger partial charge in [-0.15, -0.1) is 10.2 Å². The van der Waals surface area contributed by atoms with Crippen molar-refractivity contribution >= 4 is 23.3 Å². The van der Waals surface area contributed by atoms with Crippen molar-refractivity contribution in [1.82, 2.24) is 15.2 Å². The zero-order valence-corrected chi connectivity index (χ0v) is 9.21. The van der Waals surface area contributed by atoms with Crippen LogP contribution in [0.4, 0.5) is 23.3 Å². The van der Waals surface area contributed by atoms with E-state index in [1.54, 1.807) is 13.2 Å². The maximum absolute atomic E-state index is 5.62. The minimum atomic E-state index is 0.0598. The maximum atomic E-state index is 5.62. The highest BCUT2D eigenvalue weighted by molar-refractivity contribution is 5.66. The molecule has 5 N–H and O–H groups in total. The molecule has 1 heterocycles. The van der Waals surface area contributed by atoms with E-state index in [-0.39, 0.29) is 11.8 Å². The molecule has 0 saturated heterocycles. The van der Waals surface area contributed by atoms with E-state index in [2.05, 4.69) is 20.5 Å². The molecule has 7 heteroatoms. The zero-order chi connectivity index (χ0) is 12.3. The van der Waals surface area contributed by atoms with Gasteiger partial charge in [0.25, 0.3) is 0 Å². The van der Waals surface area contributed by atoms with E-state index in [0.717, 1.165) is 11.4 Å². The van der Waals surface area contributed by atoms with Gasteiger partial charge in [-0.25, -0.2) is 0 Å². The fourth-order valence-corrected chi connectivity index (χ4v) is 1.28. The van der Waals surface area contributed by atoms with Gasteiger partial charge >= 0.3 is 0 Å². The van der Waals surface area contributed by atoms with Crippen LogP contribution in [0.25, 0.3) is 0 Å². The van der Waals surface area contributed by atoms with Crippen molar-refractivity contribution in [1.29, 1.82) is 0 Å². The molecule has 0 radical (unpaired) electrons. The summed E-state index contributed by atoms with van der Waals surface area (Å²) in [6.45, 7) is 0. The molecule has 7 nitrogen and oxygen atoms in total. The SMILES string of the molecule is COc1cccc(Nc2nc(N)nnc2N)c1. The van der Waals surface area contributed by atoms with Gasteiger partial charge in [0, 0.05) is 11.8 Å². The van der Waals surface area contributed by atoms with E-state index in [0.29, 0.717) is 5.82 Å². The van der Waals surface area contributed by atoms with Gasteiger partial charge in [-0.3, -0.25) is 0 Å². The van der Waals surface area contributed by atoms with Crippen molar-refractivity contribution in [2.24, 2.45) is 0 Å². The molecule has 1 aromatic carbocycles. The number of rotatable bonds is 3. The molecule has 2 aromatic rings. The summed E-state index contributed by atoms with van der Waals surface area (Å²) in [5.41, 5.74) is 11.8. The first-order chi connectivity index (χ1) is 8.19. The number of nitrogens with two attached hydrogens (primary N) is 2. The molecular weight excluding hydrogens is 220 g/mol. The molecule has 2 rings (SSSR count). The van der Waals surface area contributed by atoms with Crippen LogP contribution in [0.5, 0.6) is 5.75 Å². The number of nitrogens with zero attached hydrogens (tertiary/aromatic N) is 3. The monoisotopic (exact) mass is 232 g/mol. The fourth-order valence-electron chi connectivity index (χ4n) is 1.28. The van der Waals surface area contributed by atoms with Crippen molar-refractivity contribution in [3.8, 4) is 5.75 Å². The molecule has 0 atom stereocenters. The van der Waals surface area contributed by atoms with Crippen molar-refractivity contribution in [3.05, 3.63) is 24.3 Å². The summed E-state index contributed by atoms with van der Waals surface area (Å²) in [6.07, 6.45) is 0. The maximum Gasteiger partial charge on any atom is 0.242 e. The van der Waals surface area contributed by atoms with Crippen molar-refractivity contribution in [3.63, 3.8) is 0 Å². The lowest BCUT2D eigenvalue weighted by molar-refractivity contribution is 0.415. The minimum Gasteiger partial charge on any atom is -0.497 e. The molecule has 0 unspecified atom stereocenters. The largest absolute Gasteiger partial charge is 0.497 e. The van der Waals surface area contributed by atoms with Gasteiger partial charge in [-0.1, -0.05) is 6.07 Å². The molecule has 0 bridgehead atoms. The van der Waals surface area contributed by atoms with Crippen molar-refractivity contribution in [2.75, 3.05) is 23.9 Å². The Kier molecular flexibility index (Phi) is 2.91. The smallest absolute Gasteiger partial charge is 0.242 e. The second-order valence-corrected chi connectivity index (χ2v) is 3.26. The molecule has 0 amide bonds. The quantitative estimate of drug-likeness (QED) is 0.717. The third-order valence-corrected chi connectivity index (χ3v) is 2.06. The average Bonchev–Trinajstić information content (AvgIpc) is 2.34. The zero-order valence-electron chi connectivity index (χ0n) is 9.21. The first kappa shape index (κ1) is 10.9. The second kappa shape index (κ2) is 4.52. The van der Waals surface area contributed by atoms with Crippen LogP contribution < -0.4 is 21.5 Å². The predicted octanol–water partition coefficient (Wildman–Crippen LogP) is 0.788. The van der Waals surface area contributed by atoms with Crippen LogP contribution in [-0.2, 0) is 0 Å². The summed E-state index contributed by atoms with van der Waals surface area (Å²) in [7, 11) is 1.59. The number of aromatic nitrogens is 3. The molecular formula is C10H12N6O. The van der Waals surface area contributed by atoms with Crippen LogP contribution in [0.15, 0.2) is 24.3 Å². The van der Waals surface area contributed by atoms with Crippen LogP contribution in [0.1, 0.15) is 0 Å². The number of nitrogen functional groups attached to an aromatic ring is 2. The van der Waals surface area contributed by atoms with Crippen LogP contribution in [0, 0.1) is 0 Å². The van der Waals surface area contributed by atoms with Crippen LogP contribution in [0.3, 0.4) is 0 Å². The number of benzene rings is 1. The van der Waals surface area contributed by atoms with Crippen LogP contribution in [0.2, 0.25) is 0 Å². The third kappa shape index (κ3) is 2.51. The molecule has 0 saturated carbocycles. The number of methoxy groups -OCH3 is 1. The van der Waals surface area contributed by atoms with Gasteiger partial charge in [0.1, 0.15) is 5.75 Å². The van der Waals surface area contributed by atoms with Gasteiger partial charge < -0.3 is 21.5 Å². The Balaban J connectivity index is 2.27. The fraction of sp³-hybridized carbons (Fsp3) is 0.100. The number of anilines is 4. The van der Waals surface area contributed by atoms with E-state index in [9.17, 15) is 0 Å². The van der Waals surface area contributed by atoms with E-state index in [1.165, 1.54) is 0 Å². The van der Waals surface area contributed by atoms with Crippen LogP contribution >= 0.6 is 0 Å². The second-order valence-electron chi connectivity index (χ2n) is 3.26. The van der Waals surface area contributed by atoms with Gasteiger partial charge in [0.2, 0.25) is 5.95 Å². The highest BCUT2D eigenvalue weighted by atomic mass is 16.5. The summed E-state index contributed by atoms with van der Waals surface area (Å²) in [6, 6.07) is 7.33. The summed E-state index contributed by atoms with van der Waals surface area (Å²) >= 11 is 0. The molecule has 0 aliphatic rings. The molecule has 88 valence electrons. The number of hydrogen-bond acceptors (Lipinski definition) is 7. The van der Waals surface area contributed by atoms with Crippen molar-refractivity contribution in [2.45, 2.75) is 0 Å². The molecule has 0 spiro atoms. The van der Waals surface area contributed by atoms with Gasteiger partial charge in [0.15, 0.2) is 11.6 Å². The first-order valence-corrected chi connectivity index (χ1v) is 4.86. The van der Waals surface area contributed by atoms with E-state index in [4.69, 9.17) is 16.2 Å². The summed E-state index contributed by atoms with van der Waals surface area (Å²) in [5.74, 6) is 1.33. The lowest BCUT2D eigenvalue weighted by Crippen LogP contribution is -2.06. The standard InChI is InChI=1S/C10H12N6O/c1-17-7-4-2-3-6(5-7)13-9-8(11)15-16-10(12)14-9/h2-5H,1H3,(H2,11,15)(H3,12,13,14,16). The lowest BCUT2D eigenvalue weighted by atomic mass is 10.3. The average molecular weight is 232 g/mol. The van der Waals surface area contributed by atoms with E-state index < -0.39 is 0 Å². The topological polar surface area (TPSA) is 112 Å². The van der Waals surface area contributed by atoms with E-state index >= 15 is 0 Å². The number of hydrogen-bond donors (Lipinski definition) is 3. The Morgan fingerprint density at radius 2 is 2.06 bits per heavy atom. The van der Waals surface area contributed by atoms with Gasteiger partial charge in [0.05, 0.1) is 7.11 Å². The molecule has 0 aliphatic heterocycles. The predicted molar refractivity (Wildman–Crippen MR) is 64.9 cm³/mol. The normalized spacial score (nSPS) is 9.94. The van der Waals surface area contributed by atoms with Crippen molar-refractivity contribution < 1.29 is 4.74 Å². The highest BCUT2D eigenvalue weighted by Gasteiger charge is 2.05. The summed E-state index contributed by atoms with van der Waals surface area (Å²) in [5, 5.41) is 10.2. The third-order valence-electron chi connectivity index (χ3n) is 2.06. The molecule has 1 aromatic heterocycles. The molecule has 17 heavy (non-hydrogen) atoms. The van der Waals surface area contributed by atoms with Crippen LogP contribution in [-0.4, -0.2) is 22.3 Å². The Morgan fingerprint density at radius 1 is 1.24 bits per heavy atom. The first-order valence-electron chi connectivity index (χ1n) is 4.86. The van der Waals surface area contributed by atoms with E-state index in [1.807, 2.05) is 18.2 Å². The number of ether oxygens (including phenoxy) is 1. The summed E-state index contributed by atoms with van der Waals surface area (Å²) < 4.78 is 5.10. The highest BCUT2D eigenvalue weighted by Crippen LogP contribution is 2.22. The Bertz CT molecular complexity index is 530. The number of nitrogens with one attached hydrogen (secondary N) is 1. The van der Waals surface area contributed by atoms with Gasteiger partial charge in [-0.05, 0) is 12.1 Å². The lowest BCUT2D eigenvalue weighted by Gasteiger charge is -2.08. The van der Waals surface area contributed by atoms with Gasteiger partial charge in [-0.2, -0.15) is 4.98 Å².